The third-order valence-electron chi connectivity index (χ3n) is 0.932. The SMILES string of the molecule is C=N/N=C/CC(C)=NC. The Morgan fingerprint density at radius 3 is 2.78 bits per heavy atom. The van der Waals surface area contributed by atoms with E-state index in [1.807, 2.05) is 6.92 Å². The van der Waals surface area contributed by atoms with Crippen LogP contribution < -0.4 is 0 Å². The summed E-state index contributed by atoms with van der Waals surface area (Å²) >= 11 is 0. The molecule has 0 aliphatic rings. The topological polar surface area (TPSA) is 37.1 Å². The van der Waals surface area contributed by atoms with Crippen molar-refractivity contribution in [2.45, 2.75) is 13.3 Å². The lowest BCUT2D eigenvalue weighted by Gasteiger charge is -1.86. The Bertz CT molecular complexity index is 135. The molecule has 3 nitrogen and oxygen atoms in total. The van der Waals surface area contributed by atoms with Gasteiger partial charge in [-0.3, -0.25) is 4.99 Å². The van der Waals surface area contributed by atoms with Crippen LogP contribution in [0.3, 0.4) is 0 Å². The minimum atomic E-state index is 0.759. The summed E-state index contributed by atoms with van der Waals surface area (Å²) in [5, 5.41) is 6.87. The molecular formula is C6H11N3. The van der Waals surface area contributed by atoms with Gasteiger partial charge in [0.2, 0.25) is 0 Å². The summed E-state index contributed by atoms with van der Waals surface area (Å²) in [4.78, 5) is 3.92. The van der Waals surface area contributed by atoms with Gasteiger partial charge in [0.05, 0.1) is 0 Å². The maximum Gasteiger partial charge on any atom is 0.0325 e. The Kier molecular flexibility index (Phi) is 4.59. The molecule has 0 aliphatic carbocycles. The molecule has 50 valence electrons. The molecule has 0 aromatic carbocycles. The Balaban J connectivity index is 3.50. The average Bonchev–Trinajstić information content (AvgIpc) is 1.89. The third-order valence-corrected chi connectivity index (χ3v) is 0.932. The molecular weight excluding hydrogens is 114 g/mol. The summed E-state index contributed by atoms with van der Waals surface area (Å²) in [5.41, 5.74) is 1.04. The second kappa shape index (κ2) is 5.15. The smallest absolute Gasteiger partial charge is 0.0325 e. The molecule has 0 radical (unpaired) electrons. The van der Waals surface area contributed by atoms with Crippen molar-refractivity contribution >= 4 is 18.6 Å². The zero-order valence-electron chi connectivity index (χ0n) is 5.83. The summed E-state index contributed by atoms with van der Waals surface area (Å²) in [5.74, 6) is 0. The molecule has 0 bridgehead atoms. The molecule has 0 heterocycles. The van der Waals surface area contributed by atoms with Gasteiger partial charge in [-0.15, -0.1) is 0 Å². The van der Waals surface area contributed by atoms with Crippen LogP contribution in [0.2, 0.25) is 0 Å². The molecule has 0 fully saturated rings. The highest BCUT2D eigenvalue weighted by Gasteiger charge is 1.81. The van der Waals surface area contributed by atoms with Crippen LogP contribution in [0.25, 0.3) is 0 Å². The average molecular weight is 125 g/mol. The van der Waals surface area contributed by atoms with E-state index in [1.165, 1.54) is 0 Å². The predicted octanol–water partition coefficient (Wildman–Crippen LogP) is 1.15. The van der Waals surface area contributed by atoms with Crippen molar-refractivity contribution in [3.05, 3.63) is 0 Å². The van der Waals surface area contributed by atoms with Gasteiger partial charge in [0.25, 0.3) is 0 Å². The first-order chi connectivity index (χ1) is 4.31. The third kappa shape index (κ3) is 4.87. The fraction of sp³-hybridized carbons (Fsp3) is 0.500. The van der Waals surface area contributed by atoms with Crippen LogP contribution in [0.5, 0.6) is 0 Å². The van der Waals surface area contributed by atoms with Crippen molar-refractivity contribution in [1.29, 1.82) is 0 Å². The van der Waals surface area contributed by atoms with E-state index in [9.17, 15) is 0 Å². The summed E-state index contributed by atoms with van der Waals surface area (Å²) in [6, 6.07) is 0. The van der Waals surface area contributed by atoms with Crippen molar-refractivity contribution in [2.75, 3.05) is 7.05 Å². The summed E-state index contributed by atoms with van der Waals surface area (Å²) in [6.07, 6.45) is 2.44. The number of aliphatic imine (C=N–C) groups is 1. The van der Waals surface area contributed by atoms with Crippen LogP contribution in [-0.2, 0) is 0 Å². The normalized spacial score (nSPS) is 12.4. The quantitative estimate of drug-likeness (QED) is 0.401. The minimum Gasteiger partial charge on any atom is -0.297 e. The van der Waals surface area contributed by atoms with E-state index >= 15 is 0 Å². The molecule has 0 unspecified atom stereocenters. The summed E-state index contributed by atoms with van der Waals surface area (Å²) in [6.45, 7) is 5.14. The summed E-state index contributed by atoms with van der Waals surface area (Å²) in [7, 11) is 1.75. The van der Waals surface area contributed by atoms with Crippen LogP contribution in [0.15, 0.2) is 15.2 Å². The monoisotopic (exact) mass is 125 g/mol. The van der Waals surface area contributed by atoms with Crippen molar-refractivity contribution in [1.82, 2.24) is 0 Å². The van der Waals surface area contributed by atoms with Crippen molar-refractivity contribution in [3.63, 3.8) is 0 Å². The minimum absolute atomic E-state index is 0.759. The molecule has 0 atom stereocenters. The molecule has 0 aromatic rings. The second-order valence-electron chi connectivity index (χ2n) is 1.60. The summed E-state index contributed by atoms with van der Waals surface area (Å²) < 4.78 is 0. The highest BCUT2D eigenvalue weighted by atomic mass is 15.2. The molecule has 0 aliphatic heterocycles. The van der Waals surface area contributed by atoms with Crippen LogP contribution in [0, 0.1) is 0 Å². The number of hydrogen-bond acceptors (Lipinski definition) is 3. The zero-order valence-corrected chi connectivity index (χ0v) is 5.83. The zero-order chi connectivity index (χ0) is 7.11. The fourth-order valence-electron chi connectivity index (χ4n) is 0.322. The van der Waals surface area contributed by atoms with Crippen LogP contribution in [0.4, 0.5) is 0 Å². The first-order valence-electron chi connectivity index (χ1n) is 2.71. The van der Waals surface area contributed by atoms with E-state index in [0.29, 0.717) is 0 Å². The van der Waals surface area contributed by atoms with Crippen molar-refractivity contribution < 1.29 is 0 Å². The van der Waals surface area contributed by atoms with E-state index in [2.05, 4.69) is 21.9 Å². The molecule has 0 saturated carbocycles. The number of rotatable bonds is 3. The van der Waals surface area contributed by atoms with E-state index in [4.69, 9.17) is 0 Å². The van der Waals surface area contributed by atoms with Gasteiger partial charge in [0.15, 0.2) is 0 Å². The van der Waals surface area contributed by atoms with Crippen molar-refractivity contribution in [2.24, 2.45) is 15.2 Å². The van der Waals surface area contributed by atoms with Crippen molar-refractivity contribution in [3.8, 4) is 0 Å². The number of hydrogen-bond donors (Lipinski definition) is 0. The fourth-order valence-corrected chi connectivity index (χ4v) is 0.322. The standard InChI is InChI=1S/C6H11N3/c1-6(7-2)4-5-9-8-3/h5H,3-4H2,1-2H3/b7-6?,9-5+. The Labute approximate surface area is 55.2 Å². The molecule has 0 rings (SSSR count). The van der Waals surface area contributed by atoms with Gasteiger partial charge >= 0.3 is 0 Å². The van der Waals surface area contributed by atoms with Gasteiger partial charge in [-0.2, -0.15) is 10.2 Å². The molecule has 0 N–H and O–H groups in total. The van der Waals surface area contributed by atoms with Gasteiger partial charge in [-0.1, -0.05) is 0 Å². The highest BCUT2D eigenvalue weighted by Crippen LogP contribution is 1.80. The first kappa shape index (κ1) is 8.01. The van der Waals surface area contributed by atoms with E-state index < -0.39 is 0 Å². The first-order valence-corrected chi connectivity index (χ1v) is 2.71. The molecule has 0 saturated heterocycles. The van der Waals surface area contributed by atoms with Gasteiger partial charge in [-0.25, -0.2) is 0 Å². The number of nitrogens with zero attached hydrogens (tertiary/aromatic N) is 3. The molecule has 0 aromatic heterocycles. The Morgan fingerprint density at radius 2 is 2.33 bits per heavy atom. The van der Waals surface area contributed by atoms with Gasteiger partial charge in [-0.05, 0) is 6.92 Å². The van der Waals surface area contributed by atoms with E-state index in [0.717, 1.165) is 12.1 Å². The maximum atomic E-state index is 3.92. The maximum absolute atomic E-state index is 3.92. The molecule has 0 amide bonds. The lowest BCUT2D eigenvalue weighted by atomic mass is 10.3. The Hall–Kier alpha value is -0.990. The van der Waals surface area contributed by atoms with Gasteiger partial charge in [0.1, 0.15) is 0 Å². The van der Waals surface area contributed by atoms with Gasteiger partial charge in [0, 0.05) is 32.1 Å². The largest absolute Gasteiger partial charge is 0.297 e. The lowest BCUT2D eigenvalue weighted by molar-refractivity contribution is 1.26. The van der Waals surface area contributed by atoms with Crippen LogP contribution in [0.1, 0.15) is 13.3 Å². The lowest BCUT2D eigenvalue weighted by Crippen LogP contribution is -1.89. The van der Waals surface area contributed by atoms with Gasteiger partial charge < -0.3 is 0 Å². The molecule has 0 spiro atoms. The van der Waals surface area contributed by atoms with E-state index in [-0.39, 0.29) is 0 Å². The molecule has 3 heteroatoms. The Morgan fingerprint density at radius 1 is 1.67 bits per heavy atom. The van der Waals surface area contributed by atoms with Crippen LogP contribution in [-0.4, -0.2) is 25.7 Å². The highest BCUT2D eigenvalue weighted by molar-refractivity contribution is 5.93. The molecule has 9 heavy (non-hydrogen) atoms. The predicted molar refractivity (Wildman–Crippen MR) is 41.7 cm³/mol. The second-order valence-corrected chi connectivity index (χ2v) is 1.60. The van der Waals surface area contributed by atoms with E-state index in [1.54, 1.807) is 13.3 Å². The van der Waals surface area contributed by atoms with Crippen LogP contribution >= 0.6 is 0 Å².